The number of para-hydroxylation sites is 1. The first-order valence-corrected chi connectivity index (χ1v) is 13.0. The number of hydrogen-bond acceptors (Lipinski definition) is 5. The van der Waals surface area contributed by atoms with Crippen LogP contribution in [-0.4, -0.2) is 52.0 Å². The van der Waals surface area contributed by atoms with Gasteiger partial charge in [0, 0.05) is 41.8 Å². The predicted molar refractivity (Wildman–Crippen MR) is 149 cm³/mol. The highest BCUT2D eigenvalue weighted by atomic mass is 16.1. The second-order valence-corrected chi connectivity index (χ2v) is 9.75. The quantitative estimate of drug-likeness (QED) is 0.402. The Hall–Kier alpha value is -3.70. The Kier molecular flexibility index (Phi) is 7.52. The second kappa shape index (κ2) is 11.1. The van der Waals surface area contributed by atoms with Crippen LogP contribution in [-0.2, 0) is 6.54 Å². The van der Waals surface area contributed by atoms with Crippen molar-refractivity contribution < 1.29 is 0 Å². The summed E-state index contributed by atoms with van der Waals surface area (Å²) >= 11 is 0. The fourth-order valence-corrected chi connectivity index (χ4v) is 4.91. The van der Waals surface area contributed by atoms with Gasteiger partial charge in [0.1, 0.15) is 0 Å². The van der Waals surface area contributed by atoms with E-state index in [2.05, 4.69) is 40.1 Å². The minimum Gasteiger partial charge on any atom is -0.328 e. The van der Waals surface area contributed by atoms with Gasteiger partial charge in [0.2, 0.25) is 0 Å². The van der Waals surface area contributed by atoms with Crippen molar-refractivity contribution in [3.63, 3.8) is 0 Å². The number of nitrogens with zero attached hydrogens (tertiary/aromatic N) is 4. The van der Waals surface area contributed by atoms with Crippen LogP contribution in [0.3, 0.4) is 0 Å². The largest absolute Gasteiger partial charge is 0.328 e. The van der Waals surface area contributed by atoms with Crippen LogP contribution in [0, 0.1) is 11.8 Å². The lowest BCUT2D eigenvalue weighted by molar-refractivity contribution is 0.204. The zero-order valence-electron chi connectivity index (χ0n) is 21.5. The minimum atomic E-state index is -0.0670. The lowest BCUT2D eigenvalue weighted by Gasteiger charge is -2.29. The summed E-state index contributed by atoms with van der Waals surface area (Å²) in [7, 11) is 1.90. The van der Waals surface area contributed by atoms with Crippen LogP contribution in [0.2, 0.25) is 0 Å². The first-order valence-electron chi connectivity index (χ1n) is 13.0. The third kappa shape index (κ3) is 5.52. The lowest BCUT2D eigenvalue weighted by atomic mass is 10.0. The molecule has 0 bridgehead atoms. The van der Waals surface area contributed by atoms with E-state index in [0.717, 1.165) is 61.4 Å². The number of benzene rings is 2. The van der Waals surface area contributed by atoms with Gasteiger partial charge in [0.05, 0.1) is 23.7 Å². The van der Waals surface area contributed by atoms with E-state index in [1.807, 2.05) is 66.5 Å². The molecule has 2 aromatic heterocycles. The van der Waals surface area contributed by atoms with Crippen LogP contribution < -0.4 is 16.6 Å². The topological polar surface area (TPSA) is 81.1 Å². The van der Waals surface area contributed by atoms with Crippen molar-refractivity contribution in [2.45, 2.75) is 38.4 Å². The number of likely N-dealkylation sites (tertiary alicyclic amines) is 1. The van der Waals surface area contributed by atoms with E-state index < -0.39 is 0 Å². The van der Waals surface area contributed by atoms with Crippen LogP contribution in [0.1, 0.15) is 42.6 Å². The maximum absolute atomic E-state index is 13.9. The molecule has 7 heteroatoms. The molecule has 0 saturated carbocycles. The number of piperidine rings is 1. The summed E-state index contributed by atoms with van der Waals surface area (Å²) in [6, 6.07) is 18.0. The van der Waals surface area contributed by atoms with Crippen LogP contribution in [0.15, 0.2) is 71.8 Å². The molecule has 1 saturated heterocycles. The SMILES string of the molecule is CNC(C)c1cc2cccc(C#Cc3cnn(CCN4CCC(N)CC4)c3)c2c(=O)n1-c1ccccc1. The molecular formula is C30H34N6O. The third-order valence-corrected chi connectivity index (χ3v) is 7.22. The molecule has 0 aliphatic carbocycles. The number of nitrogens with one attached hydrogen (secondary N) is 1. The zero-order chi connectivity index (χ0) is 25.8. The average molecular weight is 495 g/mol. The number of rotatable bonds is 6. The summed E-state index contributed by atoms with van der Waals surface area (Å²) in [6.07, 6.45) is 5.88. The Bertz CT molecular complexity index is 1490. The smallest absolute Gasteiger partial charge is 0.264 e. The van der Waals surface area contributed by atoms with Gasteiger partial charge in [-0.05, 0) is 69.6 Å². The molecule has 190 valence electrons. The normalized spacial score (nSPS) is 15.4. The minimum absolute atomic E-state index is 0.000411. The van der Waals surface area contributed by atoms with E-state index in [0.29, 0.717) is 17.0 Å². The van der Waals surface area contributed by atoms with Gasteiger partial charge in [-0.3, -0.25) is 14.0 Å². The van der Waals surface area contributed by atoms with Crippen LogP contribution in [0.4, 0.5) is 0 Å². The Morgan fingerprint density at radius 3 is 2.62 bits per heavy atom. The monoisotopic (exact) mass is 494 g/mol. The lowest BCUT2D eigenvalue weighted by Crippen LogP contribution is -2.40. The van der Waals surface area contributed by atoms with E-state index >= 15 is 0 Å². The molecule has 1 atom stereocenters. The molecule has 1 aliphatic heterocycles. The van der Waals surface area contributed by atoms with Gasteiger partial charge >= 0.3 is 0 Å². The number of aromatic nitrogens is 3. The highest BCUT2D eigenvalue weighted by Crippen LogP contribution is 2.23. The van der Waals surface area contributed by atoms with E-state index in [4.69, 9.17) is 5.73 Å². The number of fused-ring (bicyclic) bond motifs is 1. The highest BCUT2D eigenvalue weighted by Gasteiger charge is 2.17. The average Bonchev–Trinajstić information content (AvgIpc) is 3.39. The fraction of sp³-hybridized carbons (Fsp3) is 0.333. The molecule has 2 aromatic carbocycles. The standard InChI is InChI=1S/C30H34N6O/c1-22(32-2)28-19-25-8-6-7-24(29(25)30(37)36(28)27-9-4-3-5-10-27)12-11-23-20-33-35(21-23)18-17-34-15-13-26(31)14-16-34/h3-10,19-22,26,32H,13-18,31H2,1-2H3. The maximum atomic E-state index is 13.9. The van der Waals surface area contributed by atoms with Crippen LogP contribution in [0.25, 0.3) is 16.5 Å². The van der Waals surface area contributed by atoms with E-state index in [1.54, 1.807) is 10.8 Å². The third-order valence-electron chi connectivity index (χ3n) is 7.22. The summed E-state index contributed by atoms with van der Waals surface area (Å²) in [5.74, 6) is 6.48. The van der Waals surface area contributed by atoms with Crippen molar-refractivity contribution in [2.24, 2.45) is 5.73 Å². The van der Waals surface area contributed by atoms with E-state index in [9.17, 15) is 4.79 Å². The number of nitrogens with two attached hydrogens (primary N) is 1. The summed E-state index contributed by atoms with van der Waals surface area (Å²) in [5.41, 5.74) is 9.25. The summed E-state index contributed by atoms with van der Waals surface area (Å²) < 4.78 is 3.73. The van der Waals surface area contributed by atoms with Gasteiger partial charge in [-0.2, -0.15) is 5.10 Å². The molecule has 3 heterocycles. The molecular weight excluding hydrogens is 460 g/mol. The molecule has 0 radical (unpaired) electrons. The van der Waals surface area contributed by atoms with Gasteiger partial charge < -0.3 is 16.0 Å². The predicted octanol–water partition coefficient (Wildman–Crippen LogP) is 3.29. The molecule has 5 rings (SSSR count). The molecule has 37 heavy (non-hydrogen) atoms. The summed E-state index contributed by atoms with van der Waals surface area (Å²) in [4.78, 5) is 16.3. The first-order chi connectivity index (χ1) is 18.0. The molecule has 1 aliphatic rings. The van der Waals surface area contributed by atoms with Crippen LogP contribution in [0.5, 0.6) is 0 Å². The van der Waals surface area contributed by atoms with Gasteiger partial charge in [-0.25, -0.2) is 0 Å². The highest BCUT2D eigenvalue weighted by molar-refractivity contribution is 5.88. The van der Waals surface area contributed by atoms with Gasteiger partial charge in [-0.15, -0.1) is 0 Å². The molecule has 7 nitrogen and oxygen atoms in total. The molecule has 4 aromatic rings. The van der Waals surface area contributed by atoms with Crippen molar-refractivity contribution in [1.29, 1.82) is 0 Å². The van der Waals surface area contributed by atoms with Crippen molar-refractivity contribution in [1.82, 2.24) is 24.6 Å². The Morgan fingerprint density at radius 2 is 1.86 bits per heavy atom. The Morgan fingerprint density at radius 1 is 1.08 bits per heavy atom. The zero-order valence-corrected chi connectivity index (χ0v) is 21.5. The molecule has 0 amide bonds. The molecule has 1 unspecified atom stereocenters. The van der Waals surface area contributed by atoms with Gasteiger partial charge in [0.15, 0.2) is 0 Å². The Labute approximate surface area is 217 Å². The summed E-state index contributed by atoms with van der Waals surface area (Å²) in [5, 5.41) is 9.28. The Balaban J connectivity index is 1.45. The first kappa shape index (κ1) is 25.0. The number of pyridine rings is 1. The van der Waals surface area contributed by atoms with Crippen molar-refractivity contribution in [3.05, 3.63) is 94.2 Å². The van der Waals surface area contributed by atoms with Gasteiger partial charge in [-0.1, -0.05) is 42.2 Å². The maximum Gasteiger partial charge on any atom is 0.264 e. The summed E-state index contributed by atoms with van der Waals surface area (Å²) in [6.45, 7) is 5.93. The fourth-order valence-electron chi connectivity index (χ4n) is 4.91. The van der Waals surface area contributed by atoms with Crippen LogP contribution >= 0.6 is 0 Å². The molecule has 3 N–H and O–H groups in total. The van der Waals surface area contributed by atoms with E-state index in [1.165, 1.54) is 0 Å². The van der Waals surface area contributed by atoms with E-state index in [-0.39, 0.29) is 11.6 Å². The van der Waals surface area contributed by atoms with Crippen molar-refractivity contribution in [2.75, 3.05) is 26.7 Å². The van der Waals surface area contributed by atoms with Gasteiger partial charge in [0.25, 0.3) is 5.56 Å². The molecule has 0 spiro atoms. The van der Waals surface area contributed by atoms with Crippen molar-refractivity contribution in [3.8, 4) is 17.5 Å². The van der Waals surface area contributed by atoms with Crippen molar-refractivity contribution >= 4 is 10.8 Å². The molecule has 1 fully saturated rings. The number of hydrogen-bond donors (Lipinski definition) is 2. The second-order valence-electron chi connectivity index (χ2n) is 9.75.